The Morgan fingerprint density at radius 1 is 1.00 bits per heavy atom. The fourth-order valence-corrected chi connectivity index (χ4v) is 3.15. The lowest BCUT2D eigenvalue weighted by molar-refractivity contribution is -0.461. The van der Waals surface area contributed by atoms with Gasteiger partial charge in [0.05, 0.1) is 11.8 Å². The highest BCUT2D eigenvalue weighted by atomic mass is 19.3. The first-order valence-corrected chi connectivity index (χ1v) is 8.83. The van der Waals surface area contributed by atoms with Gasteiger partial charge in [-0.2, -0.15) is 8.78 Å². The summed E-state index contributed by atoms with van der Waals surface area (Å²) in [5, 5.41) is 2.42. The smallest absolute Gasteiger partial charge is 0.459 e. The minimum Gasteiger partial charge on any atom is -0.459 e. The monoisotopic (exact) mass is 429 g/mol. The second-order valence-corrected chi connectivity index (χ2v) is 6.58. The molecule has 8 nitrogen and oxygen atoms in total. The summed E-state index contributed by atoms with van der Waals surface area (Å²) >= 11 is 0. The lowest BCUT2D eigenvalue weighted by atomic mass is 10.1. The first-order chi connectivity index (χ1) is 14.1. The molecule has 1 N–H and O–H groups in total. The summed E-state index contributed by atoms with van der Waals surface area (Å²) in [6.07, 6.45) is -7.38. The first kappa shape index (κ1) is 20.0. The Kier molecular flexibility index (Phi) is 4.80. The number of anilines is 1. The molecule has 2 aliphatic rings. The number of hydrogen-bond acceptors (Lipinski definition) is 5. The number of halogens is 4. The van der Waals surface area contributed by atoms with Crippen LogP contribution in [-0.2, 0) is 10.8 Å². The molecule has 1 aromatic heterocycles. The highest BCUT2D eigenvalue weighted by Crippen LogP contribution is 2.46. The Labute approximate surface area is 166 Å². The molecule has 4 rings (SSSR count). The normalized spacial score (nSPS) is 19.6. The van der Waals surface area contributed by atoms with Crippen molar-refractivity contribution in [1.82, 2.24) is 9.80 Å². The van der Waals surface area contributed by atoms with Gasteiger partial charge in [0.25, 0.3) is 5.91 Å². The first-order valence-electron chi connectivity index (χ1n) is 8.83. The minimum atomic E-state index is -4.46. The lowest BCUT2D eigenvalue weighted by Gasteiger charge is -2.34. The number of carbonyl (C=O) groups excluding carboxylic acids is 2. The van der Waals surface area contributed by atoms with Gasteiger partial charge in [-0.25, -0.2) is 9.53 Å². The number of hydrogen-bond donors (Lipinski definition) is 1. The predicted molar refractivity (Wildman–Crippen MR) is 92.2 cm³/mol. The van der Waals surface area contributed by atoms with Crippen LogP contribution in [0.25, 0.3) is 0 Å². The Bertz CT molecular complexity index is 959. The average molecular weight is 429 g/mol. The molecule has 0 unspecified atom stereocenters. The number of alkyl halides is 4. The summed E-state index contributed by atoms with van der Waals surface area (Å²) in [7, 11) is 0. The van der Waals surface area contributed by atoms with Crippen molar-refractivity contribution >= 4 is 17.6 Å². The maximum atomic E-state index is 13.8. The molecule has 1 aromatic carbocycles. The molecule has 3 amide bonds. The van der Waals surface area contributed by atoms with Crippen LogP contribution in [0, 0.1) is 0 Å². The van der Waals surface area contributed by atoms with Crippen molar-refractivity contribution < 1.29 is 41.0 Å². The zero-order valence-electron chi connectivity index (χ0n) is 15.2. The van der Waals surface area contributed by atoms with Crippen LogP contribution in [0.5, 0.6) is 5.75 Å². The van der Waals surface area contributed by atoms with E-state index in [1.54, 1.807) is 6.07 Å². The Hall–Kier alpha value is -3.28. The second kappa shape index (κ2) is 7.20. The van der Waals surface area contributed by atoms with E-state index < -0.39 is 29.7 Å². The summed E-state index contributed by atoms with van der Waals surface area (Å²) < 4.78 is 66.4. The molecule has 2 aromatic rings. The molecule has 0 radical (unpaired) electrons. The maximum Gasteiger partial charge on any atom is 0.540 e. The van der Waals surface area contributed by atoms with E-state index in [1.807, 2.05) is 0 Å². The van der Waals surface area contributed by atoms with E-state index in [9.17, 15) is 27.2 Å². The van der Waals surface area contributed by atoms with Gasteiger partial charge in [0, 0.05) is 31.9 Å². The minimum absolute atomic E-state index is 0.0510. The zero-order valence-corrected chi connectivity index (χ0v) is 15.2. The number of amides is 3. The molecule has 30 heavy (non-hydrogen) atoms. The topological polar surface area (TPSA) is 84.3 Å². The van der Waals surface area contributed by atoms with Crippen LogP contribution >= 0.6 is 0 Å². The predicted octanol–water partition coefficient (Wildman–Crippen LogP) is 3.28. The number of rotatable bonds is 2. The van der Waals surface area contributed by atoms with Crippen molar-refractivity contribution in [1.29, 1.82) is 0 Å². The Balaban J connectivity index is 1.39. The fourth-order valence-electron chi connectivity index (χ4n) is 3.15. The number of benzene rings is 1. The van der Waals surface area contributed by atoms with Crippen molar-refractivity contribution in [2.75, 3.05) is 31.5 Å². The molecule has 160 valence electrons. The van der Waals surface area contributed by atoms with Crippen LogP contribution in [0.4, 0.5) is 28.0 Å². The van der Waals surface area contributed by atoms with Gasteiger partial charge in [-0.3, -0.25) is 4.79 Å². The quantitative estimate of drug-likeness (QED) is 0.741. The summed E-state index contributed by atoms with van der Waals surface area (Å²) in [5.74, 6) is -0.856. The van der Waals surface area contributed by atoms with Gasteiger partial charge >= 0.3 is 18.4 Å². The van der Waals surface area contributed by atoms with Crippen LogP contribution in [0.3, 0.4) is 0 Å². The van der Waals surface area contributed by atoms with Gasteiger partial charge in [-0.1, -0.05) is 0 Å². The van der Waals surface area contributed by atoms with Gasteiger partial charge in [-0.05, 0) is 30.3 Å². The second-order valence-electron chi connectivity index (χ2n) is 6.58. The lowest BCUT2D eigenvalue weighted by Crippen LogP contribution is -2.51. The van der Waals surface area contributed by atoms with E-state index in [-0.39, 0.29) is 43.5 Å². The third kappa shape index (κ3) is 3.90. The van der Waals surface area contributed by atoms with Crippen LogP contribution in [0.1, 0.15) is 16.1 Å². The summed E-state index contributed by atoms with van der Waals surface area (Å²) in [6, 6.07) is 5.40. The van der Waals surface area contributed by atoms with E-state index in [1.165, 1.54) is 22.1 Å². The number of nitrogens with zero attached hydrogens (tertiary/aromatic N) is 2. The summed E-state index contributed by atoms with van der Waals surface area (Å²) in [4.78, 5) is 27.6. The highest BCUT2D eigenvalue weighted by Gasteiger charge is 2.54. The van der Waals surface area contributed by atoms with Crippen molar-refractivity contribution in [2.24, 2.45) is 0 Å². The number of ether oxygens (including phenoxy) is 2. The molecule has 1 fully saturated rings. The summed E-state index contributed by atoms with van der Waals surface area (Å²) in [5.41, 5.74) is -0.981. The average Bonchev–Trinajstić information content (AvgIpc) is 3.21. The number of carbonyl (C=O) groups is 2. The van der Waals surface area contributed by atoms with E-state index in [4.69, 9.17) is 4.42 Å². The van der Waals surface area contributed by atoms with Gasteiger partial charge in [-0.15, -0.1) is 8.78 Å². The Morgan fingerprint density at radius 2 is 1.70 bits per heavy atom. The molecular formula is C18H15F4N3O5. The Morgan fingerprint density at radius 3 is 2.37 bits per heavy atom. The van der Waals surface area contributed by atoms with Gasteiger partial charge < -0.3 is 24.3 Å². The standard InChI is InChI=1S/C18H15F4N3O5/c19-17(20)12-10-11(3-4-13(12)29-18(21,22)30-17)23-16(27)25-7-5-24(6-8-25)15(26)14-2-1-9-28-14/h1-4,9-10H,5-8H2,(H,23,27). The number of nitrogens with one attached hydrogen (secondary N) is 1. The van der Waals surface area contributed by atoms with Crippen LogP contribution in [0.2, 0.25) is 0 Å². The molecule has 0 atom stereocenters. The van der Waals surface area contributed by atoms with Crippen LogP contribution in [0.15, 0.2) is 41.0 Å². The molecule has 0 aliphatic carbocycles. The number of furan rings is 1. The van der Waals surface area contributed by atoms with E-state index in [2.05, 4.69) is 14.8 Å². The van der Waals surface area contributed by atoms with E-state index in [0.717, 1.165) is 18.2 Å². The largest absolute Gasteiger partial charge is 0.540 e. The van der Waals surface area contributed by atoms with E-state index in [0.29, 0.717) is 0 Å². The summed E-state index contributed by atoms with van der Waals surface area (Å²) in [6.45, 7) is 0.924. The van der Waals surface area contributed by atoms with Gasteiger partial charge in [0.1, 0.15) is 5.75 Å². The SMILES string of the molecule is O=C(Nc1ccc2c(c1)C(F)(F)OC(F)(F)O2)N1CCN(C(=O)c2ccco2)CC1. The third-order valence-corrected chi connectivity index (χ3v) is 4.61. The molecule has 0 saturated carbocycles. The molecule has 3 heterocycles. The van der Waals surface area contributed by atoms with Crippen molar-refractivity contribution in [3.05, 3.63) is 47.9 Å². The molecular weight excluding hydrogens is 414 g/mol. The molecule has 0 spiro atoms. The maximum absolute atomic E-state index is 13.8. The van der Waals surface area contributed by atoms with Gasteiger partial charge in [0.2, 0.25) is 0 Å². The third-order valence-electron chi connectivity index (χ3n) is 4.61. The molecule has 0 bridgehead atoms. The molecule has 1 saturated heterocycles. The van der Waals surface area contributed by atoms with Crippen LogP contribution in [-0.4, -0.2) is 54.2 Å². The van der Waals surface area contributed by atoms with Gasteiger partial charge in [0.15, 0.2) is 5.76 Å². The molecule has 12 heteroatoms. The number of piperazine rings is 1. The fraction of sp³-hybridized carbons (Fsp3) is 0.333. The number of fused-ring (bicyclic) bond motifs is 1. The number of urea groups is 1. The van der Waals surface area contributed by atoms with Crippen molar-refractivity contribution in [2.45, 2.75) is 12.4 Å². The van der Waals surface area contributed by atoms with Crippen molar-refractivity contribution in [3.63, 3.8) is 0 Å². The van der Waals surface area contributed by atoms with Crippen molar-refractivity contribution in [3.8, 4) is 5.75 Å². The van der Waals surface area contributed by atoms with E-state index >= 15 is 0 Å². The zero-order chi connectivity index (χ0) is 21.5. The molecule has 2 aliphatic heterocycles. The highest BCUT2D eigenvalue weighted by molar-refractivity contribution is 5.92. The van der Waals surface area contributed by atoms with Crippen LogP contribution < -0.4 is 10.1 Å².